The van der Waals surface area contributed by atoms with E-state index in [-0.39, 0.29) is 6.04 Å². The number of hydrogen-bond acceptors (Lipinski definition) is 2. The molecule has 106 valence electrons. The third-order valence-electron chi connectivity index (χ3n) is 6.46. The Morgan fingerprint density at radius 1 is 1.16 bits per heavy atom. The number of carbonyl (C=O) groups excluding carboxylic acids is 1. The van der Waals surface area contributed by atoms with Gasteiger partial charge >= 0.3 is 0 Å². The van der Waals surface area contributed by atoms with Crippen molar-refractivity contribution in [3.8, 4) is 0 Å². The predicted octanol–water partition coefficient (Wildman–Crippen LogP) is 2.01. The average Bonchev–Trinajstić information content (AvgIpc) is 2.85. The Hall–Kier alpha value is -0.570. The lowest BCUT2D eigenvalue weighted by Crippen LogP contribution is -2.52. The van der Waals surface area contributed by atoms with Crippen LogP contribution in [0.15, 0.2) is 0 Å². The van der Waals surface area contributed by atoms with Gasteiger partial charge in [-0.2, -0.15) is 0 Å². The fraction of sp³-hybridized carbons (Fsp3) is 0.938. The summed E-state index contributed by atoms with van der Waals surface area (Å²) in [5.74, 6) is 4.17. The lowest BCUT2D eigenvalue weighted by Gasteiger charge is -2.38. The Kier molecular flexibility index (Phi) is 2.70. The van der Waals surface area contributed by atoms with Crippen molar-refractivity contribution in [2.45, 2.75) is 57.5 Å². The smallest absolute Gasteiger partial charge is 0.226 e. The molecule has 4 rings (SSSR count). The number of rotatable bonds is 2. The third kappa shape index (κ3) is 1.70. The summed E-state index contributed by atoms with van der Waals surface area (Å²) >= 11 is 0. The predicted molar refractivity (Wildman–Crippen MR) is 74.3 cm³/mol. The number of likely N-dealkylation sites (tertiary alicyclic amines) is 1. The fourth-order valence-electron chi connectivity index (χ4n) is 5.62. The highest BCUT2D eigenvalue weighted by molar-refractivity contribution is 5.83. The SMILES string of the molecule is CC(N)C1CCCCN1C(=O)C1C2C3CCC(C3)C12. The molecule has 3 aliphatic carbocycles. The maximum atomic E-state index is 12.9. The summed E-state index contributed by atoms with van der Waals surface area (Å²) < 4.78 is 0. The van der Waals surface area contributed by atoms with Crippen molar-refractivity contribution < 1.29 is 4.79 Å². The van der Waals surface area contributed by atoms with Crippen molar-refractivity contribution >= 4 is 5.91 Å². The molecule has 19 heavy (non-hydrogen) atoms. The summed E-state index contributed by atoms with van der Waals surface area (Å²) in [5.41, 5.74) is 6.10. The summed E-state index contributed by atoms with van der Waals surface area (Å²) in [6.07, 6.45) is 7.73. The van der Waals surface area contributed by atoms with Crippen LogP contribution in [-0.4, -0.2) is 29.4 Å². The summed E-state index contributed by atoms with van der Waals surface area (Å²) in [4.78, 5) is 15.0. The minimum atomic E-state index is 0.125. The second-order valence-corrected chi connectivity index (χ2v) is 7.47. The minimum Gasteiger partial charge on any atom is -0.338 e. The van der Waals surface area contributed by atoms with Crippen LogP contribution in [0.3, 0.4) is 0 Å². The van der Waals surface area contributed by atoms with E-state index in [1.165, 1.54) is 32.1 Å². The van der Waals surface area contributed by atoms with Gasteiger partial charge in [-0.3, -0.25) is 4.79 Å². The van der Waals surface area contributed by atoms with Crippen LogP contribution in [0, 0.1) is 29.6 Å². The first kappa shape index (κ1) is 12.2. The zero-order valence-corrected chi connectivity index (χ0v) is 11.9. The lowest BCUT2D eigenvalue weighted by atomic mass is 9.94. The normalized spacial score (nSPS) is 49.1. The van der Waals surface area contributed by atoms with Gasteiger partial charge in [0, 0.05) is 24.5 Å². The minimum absolute atomic E-state index is 0.125. The first-order chi connectivity index (χ1) is 9.18. The van der Waals surface area contributed by atoms with E-state index in [1.807, 2.05) is 0 Å². The van der Waals surface area contributed by atoms with E-state index in [1.54, 1.807) is 0 Å². The zero-order valence-electron chi connectivity index (χ0n) is 11.9. The van der Waals surface area contributed by atoms with E-state index in [0.29, 0.717) is 17.9 Å². The van der Waals surface area contributed by atoms with Crippen molar-refractivity contribution in [1.29, 1.82) is 0 Å². The van der Waals surface area contributed by atoms with Gasteiger partial charge in [-0.25, -0.2) is 0 Å². The first-order valence-electron chi connectivity index (χ1n) is 8.24. The van der Waals surface area contributed by atoms with Gasteiger partial charge in [0.1, 0.15) is 0 Å². The van der Waals surface area contributed by atoms with Crippen molar-refractivity contribution in [2.24, 2.45) is 35.3 Å². The fourth-order valence-corrected chi connectivity index (χ4v) is 5.62. The molecule has 6 atom stereocenters. The molecule has 4 fully saturated rings. The van der Waals surface area contributed by atoms with Crippen LogP contribution in [-0.2, 0) is 4.79 Å². The topological polar surface area (TPSA) is 46.3 Å². The summed E-state index contributed by atoms with van der Waals surface area (Å²) in [6, 6.07) is 0.430. The average molecular weight is 262 g/mol. The molecule has 3 heteroatoms. The number of nitrogens with two attached hydrogens (primary N) is 1. The van der Waals surface area contributed by atoms with Crippen LogP contribution >= 0.6 is 0 Å². The van der Waals surface area contributed by atoms with Crippen LogP contribution in [0.4, 0.5) is 0 Å². The Labute approximate surface area is 115 Å². The Balaban J connectivity index is 1.49. The van der Waals surface area contributed by atoms with Crippen LogP contribution in [0.2, 0.25) is 0 Å². The lowest BCUT2D eigenvalue weighted by molar-refractivity contribution is -0.137. The molecular weight excluding hydrogens is 236 g/mol. The Bertz CT molecular complexity index is 378. The molecule has 0 radical (unpaired) electrons. The van der Waals surface area contributed by atoms with Crippen LogP contribution in [0.1, 0.15) is 45.4 Å². The van der Waals surface area contributed by atoms with Gasteiger partial charge in [0.2, 0.25) is 5.91 Å². The molecule has 1 aliphatic heterocycles. The van der Waals surface area contributed by atoms with Crippen molar-refractivity contribution in [3.05, 3.63) is 0 Å². The van der Waals surface area contributed by atoms with E-state index in [2.05, 4.69) is 11.8 Å². The Morgan fingerprint density at radius 2 is 1.84 bits per heavy atom. The van der Waals surface area contributed by atoms with Crippen LogP contribution < -0.4 is 5.73 Å². The van der Waals surface area contributed by atoms with E-state index >= 15 is 0 Å². The van der Waals surface area contributed by atoms with Gasteiger partial charge in [0.15, 0.2) is 0 Å². The molecule has 1 heterocycles. The van der Waals surface area contributed by atoms with E-state index in [9.17, 15) is 4.79 Å². The summed E-state index contributed by atoms with van der Waals surface area (Å²) in [6.45, 7) is 3.02. The highest BCUT2D eigenvalue weighted by atomic mass is 16.2. The maximum Gasteiger partial charge on any atom is 0.226 e. The van der Waals surface area contributed by atoms with E-state index in [4.69, 9.17) is 5.73 Å². The number of piperidine rings is 1. The zero-order chi connectivity index (χ0) is 13.1. The standard InChI is InChI=1S/C16H26N2O/c1-9(17)12-4-2-3-7-18(12)16(19)15-13-10-5-6-11(8-10)14(13)15/h9-15H,2-8,17H2,1H3. The molecule has 2 bridgehead atoms. The van der Waals surface area contributed by atoms with Gasteiger partial charge in [0.05, 0.1) is 0 Å². The second-order valence-electron chi connectivity index (χ2n) is 7.47. The van der Waals surface area contributed by atoms with E-state index < -0.39 is 0 Å². The monoisotopic (exact) mass is 262 g/mol. The molecule has 1 saturated heterocycles. The number of carbonyl (C=O) groups is 1. The molecule has 3 nitrogen and oxygen atoms in total. The molecule has 0 aromatic rings. The Morgan fingerprint density at radius 3 is 2.47 bits per heavy atom. The number of fused-ring (bicyclic) bond motifs is 5. The van der Waals surface area contributed by atoms with Crippen molar-refractivity contribution in [1.82, 2.24) is 4.90 Å². The van der Waals surface area contributed by atoms with Crippen molar-refractivity contribution in [3.63, 3.8) is 0 Å². The van der Waals surface area contributed by atoms with Gasteiger partial charge in [-0.15, -0.1) is 0 Å². The molecule has 3 saturated carbocycles. The molecule has 0 aromatic carbocycles. The highest BCUT2D eigenvalue weighted by Gasteiger charge is 2.68. The number of hydrogen-bond donors (Lipinski definition) is 1. The molecular formula is C16H26N2O. The second kappa shape index (κ2) is 4.21. The van der Waals surface area contributed by atoms with Gasteiger partial charge in [0.25, 0.3) is 0 Å². The first-order valence-corrected chi connectivity index (χ1v) is 8.24. The molecule has 0 spiro atoms. The molecule has 2 N–H and O–H groups in total. The summed E-state index contributed by atoms with van der Waals surface area (Å²) in [7, 11) is 0. The number of nitrogens with zero attached hydrogens (tertiary/aromatic N) is 1. The highest BCUT2D eigenvalue weighted by Crippen LogP contribution is 2.69. The van der Waals surface area contributed by atoms with Crippen LogP contribution in [0.5, 0.6) is 0 Å². The molecule has 1 amide bonds. The largest absolute Gasteiger partial charge is 0.338 e. The van der Waals surface area contributed by atoms with Gasteiger partial charge in [-0.05, 0) is 69.1 Å². The van der Waals surface area contributed by atoms with Gasteiger partial charge < -0.3 is 10.6 Å². The summed E-state index contributed by atoms with van der Waals surface area (Å²) in [5, 5.41) is 0. The molecule has 0 aromatic heterocycles. The maximum absolute atomic E-state index is 12.9. The van der Waals surface area contributed by atoms with E-state index in [0.717, 1.165) is 36.6 Å². The molecule has 4 aliphatic rings. The number of amides is 1. The quantitative estimate of drug-likeness (QED) is 0.827. The van der Waals surface area contributed by atoms with Crippen molar-refractivity contribution in [2.75, 3.05) is 6.54 Å². The van der Waals surface area contributed by atoms with Gasteiger partial charge in [-0.1, -0.05) is 0 Å². The van der Waals surface area contributed by atoms with Crippen LogP contribution in [0.25, 0.3) is 0 Å². The third-order valence-corrected chi connectivity index (χ3v) is 6.46. The molecule has 6 unspecified atom stereocenters.